The number of amides is 2. The van der Waals surface area contributed by atoms with E-state index in [1.54, 1.807) is 28.2 Å². The van der Waals surface area contributed by atoms with Crippen molar-refractivity contribution in [2.45, 2.75) is 51.2 Å². The van der Waals surface area contributed by atoms with Gasteiger partial charge in [-0.15, -0.1) is 0 Å². The smallest absolute Gasteiger partial charge is 0.270 e. The summed E-state index contributed by atoms with van der Waals surface area (Å²) >= 11 is 0. The molecule has 0 unspecified atom stereocenters. The molecule has 0 bridgehead atoms. The zero-order valence-corrected chi connectivity index (χ0v) is 19.5. The predicted molar refractivity (Wildman–Crippen MR) is 130 cm³/mol. The number of hydrogen-bond donors (Lipinski definition) is 0. The van der Waals surface area contributed by atoms with Crippen LogP contribution in [0.25, 0.3) is 0 Å². The highest BCUT2D eigenvalue weighted by Crippen LogP contribution is 2.25. The Bertz CT molecular complexity index is 1140. The minimum absolute atomic E-state index is 0.0818. The predicted octanol–water partition coefficient (Wildman–Crippen LogP) is 5.19. The summed E-state index contributed by atoms with van der Waals surface area (Å²) in [6, 6.07) is 18.9. The van der Waals surface area contributed by atoms with Crippen LogP contribution in [-0.2, 0) is 17.9 Å². The van der Waals surface area contributed by atoms with E-state index in [4.69, 9.17) is 4.42 Å². The van der Waals surface area contributed by atoms with Crippen LogP contribution in [0.2, 0.25) is 0 Å². The maximum absolute atomic E-state index is 13.6. The summed E-state index contributed by atoms with van der Waals surface area (Å²) in [5.41, 5.74) is 1.05. The number of nitro groups is 1. The van der Waals surface area contributed by atoms with Gasteiger partial charge in [-0.2, -0.15) is 0 Å². The second kappa shape index (κ2) is 11.5. The third-order valence-corrected chi connectivity index (χ3v) is 6.38. The Hall–Kier alpha value is -3.94. The molecule has 1 fully saturated rings. The summed E-state index contributed by atoms with van der Waals surface area (Å²) in [6.45, 7) is 0.563. The fourth-order valence-electron chi connectivity index (χ4n) is 4.55. The Balaban J connectivity index is 1.59. The van der Waals surface area contributed by atoms with Crippen LogP contribution in [0.5, 0.6) is 0 Å². The zero-order valence-electron chi connectivity index (χ0n) is 19.5. The van der Waals surface area contributed by atoms with Crippen LogP contribution < -0.4 is 0 Å². The van der Waals surface area contributed by atoms with Gasteiger partial charge in [-0.1, -0.05) is 55.7 Å². The molecule has 0 N–H and O–H groups in total. The van der Waals surface area contributed by atoms with E-state index in [0.29, 0.717) is 12.3 Å². The number of carbonyl (C=O) groups excluding carboxylic acids is 2. The molecular weight excluding hydrogens is 446 g/mol. The van der Waals surface area contributed by atoms with Crippen molar-refractivity contribution in [2.24, 2.45) is 0 Å². The number of furan rings is 1. The Kier molecular flexibility index (Phi) is 7.92. The molecule has 2 aromatic carbocycles. The molecule has 3 aromatic rings. The number of non-ortho nitro benzene ring substituents is 1. The summed E-state index contributed by atoms with van der Waals surface area (Å²) in [6.07, 6.45) is 6.26. The van der Waals surface area contributed by atoms with E-state index in [0.717, 1.165) is 37.7 Å². The van der Waals surface area contributed by atoms with Crippen molar-refractivity contribution < 1.29 is 18.9 Å². The largest absolute Gasteiger partial charge is 0.467 e. The molecule has 35 heavy (non-hydrogen) atoms. The van der Waals surface area contributed by atoms with Gasteiger partial charge in [-0.3, -0.25) is 19.7 Å². The molecule has 4 rings (SSSR count). The van der Waals surface area contributed by atoms with Gasteiger partial charge in [-0.25, -0.2) is 0 Å². The van der Waals surface area contributed by atoms with E-state index in [1.165, 1.54) is 18.2 Å². The molecule has 1 aromatic heterocycles. The van der Waals surface area contributed by atoms with Crippen LogP contribution in [0.4, 0.5) is 5.69 Å². The molecule has 0 aliphatic heterocycles. The second-order valence-electron chi connectivity index (χ2n) is 8.85. The number of rotatable bonds is 9. The number of carbonyl (C=O) groups is 2. The van der Waals surface area contributed by atoms with Crippen LogP contribution in [0.1, 0.15) is 53.8 Å². The van der Waals surface area contributed by atoms with Gasteiger partial charge in [0.15, 0.2) is 0 Å². The molecule has 1 aliphatic carbocycles. The molecular formula is C27H29N3O5. The van der Waals surface area contributed by atoms with Crippen LogP contribution in [-0.4, -0.2) is 39.1 Å². The molecule has 182 valence electrons. The van der Waals surface area contributed by atoms with Gasteiger partial charge >= 0.3 is 0 Å². The van der Waals surface area contributed by atoms with Gasteiger partial charge < -0.3 is 14.2 Å². The highest BCUT2D eigenvalue weighted by Gasteiger charge is 2.30. The minimum atomic E-state index is -0.516. The standard InChI is InChI=1S/C27H29N3O5/c31-26(28(19-25-15-8-16-35-25)18-21-9-3-1-4-10-21)20-29(23-12-5-2-6-13-23)27(32)22-11-7-14-24(17-22)30(33)34/h1,3-4,7-11,14-17,23H,2,5-6,12-13,18-20H2. The minimum Gasteiger partial charge on any atom is -0.467 e. The van der Waals surface area contributed by atoms with E-state index in [9.17, 15) is 19.7 Å². The van der Waals surface area contributed by atoms with Crippen LogP contribution in [0, 0.1) is 10.1 Å². The molecule has 0 atom stereocenters. The fraction of sp³-hybridized carbons (Fsp3) is 0.333. The van der Waals surface area contributed by atoms with Crippen LogP contribution in [0.3, 0.4) is 0 Å². The van der Waals surface area contributed by atoms with Gasteiger partial charge in [-0.05, 0) is 36.6 Å². The van der Waals surface area contributed by atoms with E-state index in [2.05, 4.69) is 0 Å². The topological polar surface area (TPSA) is 96.9 Å². The first kappa shape index (κ1) is 24.2. The first-order valence-corrected chi connectivity index (χ1v) is 11.9. The number of nitro benzene ring substituents is 1. The lowest BCUT2D eigenvalue weighted by molar-refractivity contribution is -0.384. The highest BCUT2D eigenvalue weighted by molar-refractivity contribution is 5.97. The monoisotopic (exact) mass is 475 g/mol. The average Bonchev–Trinajstić information content (AvgIpc) is 3.41. The molecule has 0 spiro atoms. The summed E-state index contributed by atoms with van der Waals surface area (Å²) < 4.78 is 5.49. The number of benzene rings is 2. The van der Waals surface area contributed by atoms with Gasteiger partial charge in [0.25, 0.3) is 11.6 Å². The number of nitrogens with zero attached hydrogens (tertiary/aromatic N) is 3. The van der Waals surface area contributed by atoms with Crippen LogP contribution >= 0.6 is 0 Å². The first-order chi connectivity index (χ1) is 17.0. The molecule has 1 heterocycles. The SMILES string of the molecule is O=C(CN(C(=O)c1cccc([N+](=O)[O-])c1)C1CCCCC1)N(Cc1ccccc1)Cc1ccco1. The maximum atomic E-state index is 13.6. The van der Waals surface area contributed by atoms with Gasteiger partial charge in [0.2, 0.25) is 5.91 Å². The molecule has 1 aliphatic rings. The molecule has 0 radical (unpaired) electrons. The summed E-state index contributed by atoms with van der Waals surface area (Å²) in [5.74, 6) is 0.102. The van der Waals surface area contributed by atoms with Gasteiger partial charge in [0, 0.05) is 30.3 Å². The molecule has 0 saturated heterocycles. The Morgan fingerprint density at radius 3 is 2.40 bits per heavy atom. The Morgan fingerprint density at radius 2 is 1.71 bits per heavy atom. The lowest BCUT2D eigenvalue weighted by Crippen LogP contribution is -2.48. The van der Waals surface area contributed by atoms with Gasteiger partial charge in [0.1, 0.15) is 12.3 Å². The Labute approximate surface area is 204 Å². The van der Waals surface area contributed by atoms with Crippen molar-refractivity contribution in [3.8, 4) is 0 Å². The second-order valence-corrected chi connectivity index (χ2v) is 8.85. The molecule has 2 amide bonds. The van der Waals surface area contributed by atoms with Gasteiger partial charge in [0.05, 0.1) is 17.7 Å². The summed E-state index contributed by atoms with van der Waals surface area (Å²) in [5, 5.41) is 11.3. The summed E-state index contributed by atoms with van der Waals surface area (Å²) in [4.78, 5) is 41.2. The molecule has 1 saturated carbocycles. The average molecular weight is 476 g/mol. The van der Waals surface area contributed by atoms with Crippen molar-refractivity contribution in [1.29, 1.82) is 0 Å². The van der Waals surface area contributed by atoms with Crippen molar-refractivity contribution in [3.63, 3.8) is 0 Å². The van der Waals surface area contributed by atoms with Crippen molar-refractivity contribution >= 4 is 17.5 Å². The third kappa shape index (κ3) is 6.35. The van der Waals surface area contributed by atoms with Crippen LogP contribution in [0.15, 0.2) is 77.4 Å². The Morgan fingerprint density at radius 1 is 0.943 bits per heavy atom. The van der Waals surface area contributed by atoms with Crippen molar-refractivity contribution in [2.75, 3.05) is 6.54 Å². The quantitative estimate of drug-likeness (QED) is 0.313. The lowest BCUT2D eigenvalue weighted by Gasteiger charge is -2.35. The maximum Gasteiger partial charge on any atom is 0.270 e. The zero-order chi connectivity index (χ0) is 24.6. The number of hydrogen-bond acceptors (Lipinski definition) is 5. The van der Waals surface area contributed by atoms with E-state index in [-0.39, 0.29) is 42.2 Å². The summed E-state index contributed by atoms with van der Waals surface area (Å²) in [7, 11) is 0. The molecule has 8 nitrogen and oxygen atoms in total. The fourth-order valence-corrected chi connectivity index (χ4v) is 4.55. The van der Waals surface area contributed by atoms with E-state index >= 15 is 0 Å². The lowest BCUT2D eigenvalue weighted by atomic mass is 9.93. The van der Waals surface area contributed by atoms with E-state index < -0.39 is 4.92 Å². The normalized spacial score (nSPS) is 13.8. The molecule has 8 heteroatoms. The van der Waals surface area contributed by atoms with E-state index in [1.807, 2.05) is 36.4 Å². The highest BCUT2D eigenvalue weighted by atomic mass is 16.6. The van der Waals surface area contributed by atoms with Crippen molar-refractivity contribution in [3.05, 3.63) is 100.0 Å². The first-order valence-electron chi connectivity index (χ1n) is 11.9. The van der Waals surface area contributed by atoms with Crippen molar-refractivity contribution in [1.82, 2.24) is 9.80 Å². The third-order valence-electron chi connectivity index (χ3n) is 6.38.